The molecule has 1 unspecified atom stereocenters. The van der Waals surface area contributed by atoms with E-state index in [1.807, 2.05) is 0 Å². The summed E-state index contributed by atoms with van der Waals surface area (Å²) in [5.74, 6) is 1.74. The average Bonchev–Trinajstić information content (AvgIpc) is 2.50. The third-order valence-corrected chi connectivity index (χ3v) is 6.13. The predicted octanol–water partition coefficient (Wildman–Crippen LogP) is 5.05. The molecule has 0 bridgehead atoms. The van der Waals surface area contributed by atoms with Crippen LogP contribution >= 0.6 is 0 Å². The Morgan fingerprint density at radius 1 is 1.19 bits per heavy atom. The lowest BCUT2D eigenvalue weighted by atomic mass is 9.58. The second kappa shape index (κ2) is 6.52. The van der Waals surface area contributed by atoms with Gasteiger partial charge < -0.3 is 5.32 Å². The maximum Gasteiger partial charge on any atom is 0.00255 e. The zero-order valence-electron chi connectivity index (χ0n) is 13.8. The van der Waals surface area contributed by atoms with Crippen LogP contribution in [0.4, 0.5) is 0 Å². The van der Waals surface area contributed by atoms with Crippen molar-refractivity contribution in [2.45, 2.75) is 64.7 Å². The van der Waals surface area contributed by atoms with Crippen LogP contribution in [0.1, 0.15) is 68.9 Å². The van der Waals surface area contributed by atoms with Crippen molar-refractivity contribution in [3.63, 3.8) is 0 Å². The molecule has 1 N–H and O–H groups in total. The number of hydrogen-bond acceptors (Lipinski definition) is 1. The normalized spacial score (nSPS) is 33.2. The summed E-state index contributed by atoms with van der Waals surface area (Å²) >= 11 is 0. The Hall–Kier alpha value is -0.820. The Labute approximate surface area is 130 Å². The second-order valence-electron chi connectivity index (χ2n) is 7.52. The molecular weight excluding hydrogens is 254 g/mol. The molecule has 2 aliphatic rings. The highest BCUT2D eigenvalue weighted by Gasteiger charge is 2.43. The summed E-state index contributed by atoms with van der Waals surface area (Å²) in [6, 6.07) is 9.27. The van der Waals surface area contributed by atoms with E-state index in [0.717, 1.165) is 11.8 Å². The van der Waals surface area contributed by atoms with Crippen LogP contribution in [0.25, 0.3) is 0 Å². The molecule has 0 radical (unpaired) electrons. The van der Waals surface area contributed by atoms with E-state index in [-0.39, 0.29) is 0 Å². The van der Waals surface area contributed by atoms with Gasteiger partial charge in [-0.15, -0.1) is 0 Å². The monoisotopic (exact) mass is 285 g/mol. The minimum absolute atomic E-state index is 0.587. The van der Waals surface area contributed by atoms with Crippen molar-refractivity contribution in [1.82, 2.24) is 5.32 Å². The standard InChI is InChI=1S/C20H31N/c1-3-5-17-8-10-20(11-9-17)12-13-21-15-19(20)18-7-4-6-16(2)14-18/h4,6-7,14,17,19,21H,3,5,8-13,15H2,1-2H3. The molecule has 1 aliphatic carbocycles. The first-order valence-electron chi connectivity index (χ1n) is 9.01. The number of benzene rings is 1. The molecule has 1 nitrogen and oxygen atoms in total. The zero-order chi connectivity index (χ0) is 14.7. The molecule has 116 valence electrons. The third-order valence-electron chi connectivity index (χ3n) is 6.13. The molecule has 0 aromatic heterocycles. The summed E-state index contributed by atoms with van der Waals surface area (Å²) in [5.41, 5.74) is 3.58. The van der Waals surface area contributed by atoms with E-state index in [1.165, 1.54) is 63.6 Å². The Morgan fingerprint density at radius 2 is 2.00 bits per heavy atom. The molecule has 2 fully saturated rings. The van der Waals surface area contributed by atoms with Crippen LogP contribution in [0.2, 0.25) is 0 Å². The third kappa shape index (κ3) is 3.18. The fourth-order valence-electron chi connectivity index (χ4n) is 4.88. The number of hydrogen-bond donors (Lipinski definition) is 1. The van der Waals surface area contributed by atoms with Gasteiger partial charge in [0.2, 0.25) is 0 Å². The van der Waals surface area contributed by atoms with Crippen LogP contribution < -0.4 is 5.32 Å². The fraction of sp³-hybridized carbons (Fsp3) is 0.700. The highest BCUT2D eigenvalue weighted by atomic mass is 14.9. The molecule has 3 rings (SSSR count). The van der Waals surface area contributed by atoms with Gasteiger partial charge in [-0.3, -0.25) is 0 Å². The van der Waals surface area contributed by atoms with Crippen molar-refractivity contribution in [3.8, 4) is 0 Å². The largest absolute Gasteiger partial charge is 0.316 e. The highest BCUT2D eigenvalue weighted by Crippen LogP contribution is 2.52. The Bertz CT molecular complexity index is 457. The van der Waals surface area contributed by atoms with Gasteiger partial charge in [-0.25, -0.2) is 0 Å². The van der Waals surface area contributed by atoms with Gasteiger partial charge in [0.1, 0.15) is 0 Å². The highest BCUT2D eigenvalue weighted by molar-refractivity contribution is 5.28. The van der Waals surface area contributed by atoms with Crippen molar-refractivity contribution >= 4 is 0 Å². The smallest absolute Gasteiger partial charge is 0.00255 e. The lowest BCUT2D eigenvalue weighted by Gasteiger charge is -2.49. The van der Waals surface area contributed by atoms with Gasteiger partial charge >= 0.3 is 0 Å². The molecular formula is C20H31N. The average molecular weight is 285 g/mol. The van der Waals surface area contributed by atoms with Gasteiger partial charge in [0.15, 0.2) is 0 Å². The summed E-state index contributed by atoms with van der Waals surface area (Å²) in [6.07, 6.45) is 10.0. The van der Waals surface area contributed by atoms with Gasteiger partial charge in [0, 0.05) is 12.5 Å². The van der Waals surface area contributed by atoms with Crippen LogP contribution in [0.3, 0.4) is 0 Å². The Morgan fingerprint density at radius 3 is 2.71 bits per heavy atom. The number of aryl methyl sites for hydroxylation is 1. The van der Waals surface area contributed by atoms with Gasteiger partial charge in [-0.2, -0.15) is 0 Å². The van der Waals surface area contributed by atoms with Crippen LogP contribution in [0, 0.1) is 18.3 Å². The predicted molar refractivity (Wildman–Crippen MR) is 90.7 cm³/mol. The van der Waals surface area contributed by atoms with Crippen molar-refractivity contribution in [3.05, 3.63) is 35.4 Å². The van der Waals surface area contributed by atoms with Crippen molar-refractivity contribution in [2.75, 3.05) is 13.1 Å². The molecule has 1 saturated heterocycles. The topological polar surface area (TPSA) is 12.0 Å². The molecule has 1 aliphatic heterocycles. The molecule has 1 saturated carbocycles. The van der Waals surface area contributed by atoms with Gasteiger partial charge in [-0.1, -0.05) is 49.6 Å². The molecule has 21 heavy (non-hydrogen) atoms. The van der Waals surface area contributed by atoms with E-state index in [4.69, 9.17) is 0 Å². The SMILES string of the molecule is CCCC1CCC2(CCNCC2c2cccc(C)c2)CC1. The molecule has 1 atom stereocenters. The van der Waals surface area contributed by atoms with Gasteiger partial charge in [0.25, 0.3) is 0 Å². The molecule has 1 heteroatoms. The Balaban J connectivity index is 1.79. The van der Waals surface area contributed by atoms with Crippen molar-refractivity contribution in [2.24, 2.45) is 11.3 Å². The number of piperidine rings is 1. The van der Waals surface area contributed by atoms with E-state index in [2.05, 4.69) is 43.4 Å². The summed E-state index contributed by atoms with van der Waals surface area (Å²) in [5, 5.41) is 3.66. The molecule has 1 aromatic rings. The first-order valence-corrected chi connectivity index (χ1v) is 9.01. The maximum absolute atomic E-state index is 3.66. The van der Waals surface area contributed by atoms with E-state index in [9.17, 15) is 0 Å². The van der Waals surface area contributed by atoms with E-state index in [1.54, 1.807) is 5.56 Å². The summed E-state index contributed by atoms with van der Waals surface area (Å²) < 4.78 is 0. The van der Waals surface area contributed by atoms with Gasteiger partial charge in [-0.05, 0) is 62.5 Å². The Kier molecular flexibility index (Phi) is 4.69. The van der Waals surface area contributed by atoms with Gasteiger partial charge in [0.05, 0.1) is 0 Å². The second-order valence-corrected chi connectivity index (χ2v) is 7.52. The lowest BCUT2D eigenvalue weighted by molar-refractivity contribution is 0.0768. The zero-order valence-corrected chi connectivity index (χ0v) is 13.8. The van der Waals surface area contributed by atoms with E-state index < -0.39 is 0 Å². The minimum atomic E-state index is 0.587. The van der Waals surface area contributed by atoms with Crippen molar-refractivity contribution < 1.29 is 0 Å². The summed E-state index contributed by atoms with van der Waals surface area (Å²) in [4.78, 5) is 0. The first kappa shape index (κ1) is 15.1. The van der Waals surface area contributed by atoms with Crippen LogP contribution in [0.5, 0.6) is 0 Å². The first-order chi connectivity index (χ1) is 10.2. The fourth-order valence-corrected chi connectivity index (χ4v) is 4.88. The van der Waals surface area contributed by atoms with Crippen LogP contribution in [-0.4, -0.2) is 13.1 Å². The molecule has 0 amide bonds. The minimum Gasteiger partial charge on any atom is -0.316 e. The van der Waals surface area contributed by atoms with Crippen LogP contribution in [-0.2, 0) is 0 Å². The summed E-state index contributed by atoms with van der Waals surface area (Å²) in [6.45, 7) is 6.97. The quantitative estimate of drug-likeness (QED) is 0.819. The van der Waals surface area contributed by atoms with Crippen molar-refractivity contribution in [1.29, 1.82) is 0 Å². The molecule has 1 aromatic carbocycles. The maximum atomic E-state index is 3.66. The molecule has 1 heterocycles. The number of rotatable bonds is 3. The van der Waals surface area contributed by atoms with E-state index in [0.29, 0.717) is 5.41 Å². The lowest BCUT2D eigenvalue weighted by Crippen LogP contribution is -2.45. The molecule has 1 spiro atoms. The van der Waals surface area contributed by atoms with E-state index >= 15 is 0 Å². The summed E-state index contributed by atoms with van der Waals surface area (Å²) in [7, 11) is 0. The number of nitrogens with one attached hydrogen (secondary N) is 1. The van der Waals surface area contributed by atoms with Crippen LogP contribution in [0.15, 0.2) is 24.3 Å².